The molecule has 0 bridgehead atoms. The van der Waals surface area contributed by atoms with Crippen molar-refractivity contribution in [2.75, 3.05) is 0 Å². The van der Waals surface area contributed by atoms with Crippen LogP contribution in [0.2, 0.25) is 0 Å². The average Bonchev–Trinajstić information content (AvgIpc) is 2.70. The molecule has 0 aromatic rings. The number of carbonyl (C=O) groups is 2. The van der Waals surface area contributed by atoms with Crippen molar-refractivity contribution in [3.8, 4) is 0 Å². The number of carbonyl (C=O) groups excluding carboxylic acids is 2. The highest BCUT2D eigenvalue weighted by Gasteiger charge is 2.57. The summed E-state index contributed by atoms with van der Waals surface area (Å²) in [5.74, 6) is -0.0817. The number of amides is 2. The van der Waals surface area contributed by atoms with E-state index < -0.39 is 11.7 Å². The van der Waals surface area contributed by atoms with E-state index in [0.717, 1.165) is 19.3 Å². The normalized spacial score (nSPS) is 23.4. The van der Waals surface area contributed by atoms with Crippen LogP contribution in [0.3, 0.4) is 0 Å². The van der Waals surface area contributed by atoms with Crippen molar-refractivity contribution in [2.45, 2.75) is 57.6 Å². The van der Waals surface area contributed by atoms with Gasteiger partial charge in [-0.3, -0.25) is 4.79 Å². The van der Waals surface area contributed by atoms with E-state index in [2.05, 4.69) is 0 Å². The first-order valence-corrected chi connectivity index (χ1v) is 5.40. The second-order valence-electron chi connectivity index (χ2n) is 5.43. The molecule has 0 N–H and O–H groups in total. The Morgan fingerprint density at radius 2 is 1.93 bits per heavy atom. The second-order valence-corrected chi connectivity index (χ2v) is 5.43. The Morgan fingerprint density at radius 1 is 1.33 bits per heavy atom. The maximum absolute atomic E-state index is 11.8. The predicted octanol–water partition coefficient (Wildman–Crippen LogP) is 2.08. The number of nitrogens with zero attached hydrogens (tertiary/aromatic N) is 1. The van der Waals surface area contributed by atoms with Crippen molar-refractivity contribution in [3.05, 3.63) is 0 Å². The lowest BCUT2D eigenvalue weighted by atomic mass is 10.2. The van der Waals surface area contributed by atoms with Crippen LogP contribution in [0.5, 0.6) is 0 Å². The van der Waals surface area contributed by atoms with Gasteiger partial charge in [-0.15, -0.1) is 0 Å². The van der Waals surface area contributed by atoms with E-state index >= 15 is 0 Å². The van der Waals surface area contributed by atoms with Gasteiger partial charge >= 0.3 is 6.09 Å². The summed E-state index contributed by atoms with van der Waals surface area (Å²) >= 11 is 0. The largest absolute Gasteiger partial charge is 0.443 e. The van der Waals surface area contributed by atoms with E-state index in [1.165, 1.54) is 4.90 Å². The fraction of sp³-hybridized carbons (Fsp3) is 0.818. The van der Waals surface area contributed by atoms with Crippen molar-refractivity contribution in [3.63, 3.8) is 0 Å². The first-order chi connectivity index (χ1) is 6.84. The molecule has 1 aliphatic carbocycles. The van der Waals surface area contributed by atoms with E-state index in [1.54, 1.807) is 0 Å². The Hall–Kier alpha value is -1.06. The highest BCUT2D eigenvalue weighted by Crippen LogP contribution is 2.50. The van der Waals surface area contributed by atoms with E-state index in [9.17, 15) is 9.59 Å². The number of likely N-dealkylation sites (tertiary alicyclic amines) is 1. The van der Waals surface area contributed by atoms with Crippen LogP contribution in [0.1, 0.15) is 46.5 Å². The molecule has 1 saturated heterocycles. The molecule has 1 aliphatic heterocycles. The van der Waals surface area contributed by atoms with E-state index in [1.807, 2.05) is 20.8 Å². The summed E-state index contributed by atoms with van der Waals surface area (Å²) in [6, 6.07) is 0. The number of hydrogen-bond donors (Lipinski definition) is 0. The molecular formula is C11H17NO3. The molecule has 2 aliphatic rings. The lowest BCUT2D eigenvalue weighted by Crippen LogP contribution is -2.43. The van der Waals surface area contributed by atoms with Gasteiger partial charge in [-0.25, -0.2) is 9.69 Å². The van der Waals surface area contributed by atoms with Crippen LogP contribution in [-0.2, 0) is 9.53 Å². The van der Waals surface area contributed by atoms with Gasteiger partial charge in [0.15, 0.2) is 0 Å². The molecule has 1 saturated carbocycles. The fourth-order valence-corrected chi connectivity index (χ4v) is 2.05. The van der Waals surface area contributed by atoms with E-state index in [0.29, 0.717) is 6.42 Å². The van der Waals surface area contributed by atoms with Crippen molar-refractivity contribution < 1.29 is 14.3 Å². The maximum Gasteiger partial charge on any atom is 0.417 e. The Labute approximate surface area is 89.6 Å². The van der Waals surface area contributed by atoms with E-state index in [-0.39, 0.29) is 11.4 Å². The molecule has 2 rings (SSSR count). The van der Waals surface area contributed by atoms with Gasteiger partial charge in [0.25, 0.3) is 0 Å². The molecule has 4 heteroatoms. The summed E-state index contributed by atoms with van der Waals surface area (Å²) in [5, 5.41) is 0. The molecule has 15 heavy (non-hydrogen) atoms. The van der Waals surface area contributed by atoms with Gasteiger partial charge in [-0.1, -0.05) is 0 Å². The van der Waals surface area contributed by atoms with Gasteiger partial charge in [0.05, 0.1) is 5.54 Å². The topological polar surface area (TPSA) is 46.6 Å². The zero-order valence-corrected chi connectivity index (χ0v) is 9.50. The quantitative estimate of drug-likeness (QED) is 0.616. The van der Waals surface area contributed by atoms with Crippen LogP contribution in [0.25, 0.3) is 0 Å². The molecule has 0 radical (unpaired) electrons. The Morgan fingerprint density at radius 3 is 2.40 bits per heavy atom. The SMILES string of the molecule is CC(C)(C)OC(=O)N1C(=O)CCC12CC2. The molecule has 4 nitrogen and oxygen atoms in total. The molecule has 0 unspecified atom stereocenters. The van der Waals surface area contributed by atoms with Gasteiger partial charge in [-0.05, 0) is 40.0 Å². The third kappa shape index (κ3) is 1.85. The van der Waals surface area contributed by atoms with E-state index in [4.69, 9.17) is 4.74 Å². The Kier molecular flexibility index (Phi) is 2.07. The lowest BCUT2D eigenvalue weighted by molar-refractivity contribution is -0.128. The average molecular weight is 211 g/mol. The Balaban J connectivity index is 2.09. The van der Waals surface area contributed by atoms with Crippen LogP contribution >= 0.6 is 0 Å². The summed E-state index contributed by atoms with van der Waals surface area (Å²) in [7, 11) is 0. The van der Waals surface area contributed by atoms with Crippen LogP contribution in [0.15, 0.2) is 0 Å². The molecule has 0 atom stereocenters. The highest BCUT2D eigenvalue weighted by atomic mass is 16.6. The molecule has 1 heterocycles. The van der Waals surface area contributed by atoms with Crippen LogP contribution in [0.4, 0.5) is 4.79 Å². The molecule has 2 amide bonds. The van der Waals surface area contributed by atoms with Crippen molar-refractivity contribution >= 4 is 12.0 Å². The van der Waals surface area contributed by atoms with Gasteiger partial charge in [0, 0.05) is 6.42 Å². The second kappa shape index (κ2) is 2.97. The predicted molar refractivity (Wildman–Crippen MR) is 54.3 cm³/mol. The monoisotopic (exact) mass is 211 g/mol. The van der Waals surface area contributed by atoms with Crippen molar-refractivity contribution in [1.29, 1.82) is 0 Å². The van der Waals surface area contributed by atoms with Gasteiger partial charge in [0.2, 0.25) is 5.91 Å². The molecule has 2 fully saturated rings. The molecule has 1 spiro atoms. The molecule has 84 valence electrons. The van der Waals surface area contributed by atoms with Crippen LogP contribution in [-0.4, -0.2) is 28.0 Å². The van der Waals surface area contributed by atoms with Crippen LogP contribution in [0, 0.1) is 0 Å². The zero-order chi connectivity index (χ0) is 11.3. The minimum Gasteiger partial charge on any atom is -0.443 e. The maximum atomic E-state index is 11.8. The third-order valence-corrected chi connectivity index (χ3v) is 2.93. The fourth-order valence-electron chi connectivity index (χ4n) is 2.05. The van der Waals surface area contributed by atoms with Gasteiger partial charge in [-0.2, -0.15) is 0 Å². The Bertz CT molecular complexity index is 312. The van der Waals surface area contributed by atoms with Crippen LogP contribution < -0.4 is 0 Å². The summed E-state index contributed by atoms with van der Waals surface area (Å²) in [5.41, 5.74) is -0.699. The lowest BCUT2D eigenvalue weighted by Gasteiger charge is -2.27. The summed E-state index contributed by atoms with van der Waals surface area (Å²) < 4.78 is 5.23. The standard InChI is InChI=1S/C11H17NO3/c1-10(2,3)15-9(14)12-8(13)4-5-11(12)6-7-11/h4-7H2,1-3H3. The first-order valence-electron chi connectivity index (χ1n) is 5.40. The summed E-state index contributed by atoms with van der Waals surface area (Å²) in [4.78, 5) is 24.7. The third-order valence-electron chi connectivity index (χ3n) is 2.93. The van der Waals surface area contributed by atoms with Crippen molar-refractivity contribution in [1.82, 2.24) is 4.90 Å². The minimum absolute atomic E-state index is 0.0817. The van der Waals surface area contributed by atoms with Crippen molar-refractivity contribution in [2.24, 2.45) is 0 Å². The molecule has 0 aromatic heterocycles. The number of imide groups is 1. The number of ether oxygens (including phenoxy) is 1. The summed E-state index contributed by atoms with van der Waals surface area (Å²) in [6.07, 6.45) is 2.71. The number of hydrogen-bond acceptors (Lipinski definition) is 3. The first kappa shape index (κ1) is 10.5. The summed E-state index contributed by atoms with van der Waals surface area (Å²) in [6.45, 7) is 5.43. The highest BCUT2D eigenvalue weighted by molar-refractivity contribution is 5.95. The zero-order valence-electron chi connectivity index (χ0n) is 9.50. The smallest absolute Gasteiger partial charge is 0.417 e. The minimum atomic E-state index is -0.532. The van der Waals surface area contributed by atoms with Gasteiger partial charge in [0.1, 0.15) is 5.60 Å². The molecular weight excluding hydrogens is 194 g/mol. The molecule has 0 aromatic carbocycles. The van der Waals surface area contributed by atoms with Gasteiger partial charge < -0.3 is 4.74 Å². The number of rotatable bonds is 0.